The molecule has 0 atom stereocenters. The first-order valence-electron chi connectivity index (χ1n) is 8.93. The van der Waals surface area contributed by atoms with E-state index < -0.39 is 16.1 Å². The Kier molecular flexibility index (Phi) is 5.63. The highest BCUT2D eigenvalue weighted by Crippen LogP contribution is 2.33. The lowest BCUT2D eigenvalue weighted by Crippen LogP contribution is -2.50. The lowest BCUT2D eigenvalue weighted by molar-refractivity contribution is 0.136. The number of aromatic nitrogens is 1. The molecule has 150 valence electrons. The summed E-state index contributed by atoms with van der Waals surface area (Å²) in [5.41, 5.74) is 2.21. The fourth-order valence-corrected chi connectivity index (χ4v) is 5.69. The fraction of sp³-hybridized carbons (Fsp3) is 0.333. The summed E-state index contributed by atoms with van der Waals surface area (Å²) in [5, 5.41) is 0.200. The molecule has 1 saturated heterocycles. The Morgan fingerprint density at radius 1 is 1.24 bits per heavy atom. The molecule has 0 spiro atoms. The topological polar surface area (TPSA) is 79.8 Å². The molecule has 0 saturated carbocycles. The Labute approximate surface area is 183 Å². The second kappa shape index (κ2) is 7.90. The average Bonchev–Trinajstić information content (AvgIpc) is 2.70. The lowest BCUT2D eigenvalue weighted by atomic mass is 9.92. The molecule has 3 heterocycles. The maximum Gasteiger partial charge on any atom is 0.414 e. The van der Waals surface area contributed by atoms with Crippen LogP contribution in [0.3, 0.4) is 0 Å². The number of piperidine rings is 1. The highest BCUT2D eigenvalue weighted by Gasteiger charge is 2.37. The zero-order chi connectivity index (χ0) is 20.8. The number of cyclic esters (lactones) is 1. The summed E-state index contributed by atoms with van der Waals surface area (Å²) in [6.07, 6.45) is 1.80. The summed E-state index contributed by atoms with van der Waals surface area (Å²) in [6.45, 7) is 0.740. The van der Waals surface area contributed by atoms with Gasteiger partial charge < -0.3 is 4.74 Å². The number of ether oxygens (including phenoxy) is 1. The molecular weight excluding hydrogens is 480 g/mol. The number of hydrogen-bond acceptors (Lipinski definition) is 5. The van der Waals surface area contributed by atoms with E-state index in [9.17, 15) is 13.2 Å². The van der Waals surface area contributed by atoms with Crippen LogP contribution in [-0.2, 0) is 21.4 Å². The van der Waals surface area contributed by atoms with Crippen LogP contribution in [0.2, 0.25) is 5.15 Å². The van der Waals surface area contributed by atoms with Gasteiger partial charge >= 0.3 is 6.09 Å². The van der Waals surface area contributed by atoms with Crippen LogP contribution in [0.1, 0.15) is 18.4 Å². The minimum atomic E-state index is -3.70. The first kappa shape index (κ1) is 20.6. The Bertz CT molecular complexity index is 1080. The van der Waals surface area contributed by atoms with Crippen molar-refractivity contribution in [3.63, 3.8) is 0 Å². The van der Waals surface area contributed by atoms with Crippen molar-refractivity contribution in [2.45, 2.75) is 30.4 Å². The molecule has 2 aromatic rings. The molecule has 11 heteroatoms. The monoisotopic (exact) mass is 495 g/mol. The molecule has 7 nitrogen and oxygen atoms in total. The third-order valence-electron chi connectivity index (χ3n) is 5.11. The van der Waals surface area contributed by atoms with Gasteiger partial charge in [0.25, 0.3) is 0 Å². The van der Waals surface area contributed by atoms with Crippen LogP contribution in [0.15, 0.2) is 39.8 Å². The number of carbonyl (C=O) groups excluding carboxylic acids is 1. The third kappa shape index (κ3) is 3.91. The van der Waals surface area contributed by atoms with Gasteiger partial charge in [0.15, 0.2) is 0 Å². The number of sulfonamides is 1. The molecular formula is C18H16BBrClN3O4S. The van der Waals surface area contributed by atoms with Crippen LogP contribution in [0.5, 0.6) is 0 Å². The molecule has 1 amide bonds. The van der Waals surface area contributed by atoms with Gasteiger partial charge in [-0.1, -0.05) is 29.2 Å². The van der Waals surface area contributed by atoms with Crippen molar-refractivity contribution in [3.8, 4) is 0 Å². The smallest absolute Gasteiger partial charge is 0.414 e. The van der Waals surface area contributed by atoms with Gasteiger partial charge in [-0.15, -0.1) is 0 Å². The van der Waals surface area contributed by atoms with Crippen molar-refractivity contribution in [2.75, 3.05) is 18.0 Å². The first-order valence-corrected chi connectivity index (χ1v) is 11.5. The largest absolute Gasteiger partial charge is 0.444 e. The van der Waals surface area contributed by atoms with Gasteiger partial charge in [0, 0.05) is 30.9 Å². The molecule has 1 aromatic heterocycles. The fourth-order valence-electron chi connectivity index (χ4n) is 3.64. The van der Waals surface area contributed by atoms with Crippen LogP contribution < -0.4 is 10.4 Å². The maximum atomic E-state index is 12.9. The van der Waals surface area contributed by atoms with E-state index in [1.165, 1.54) is 16.6 Å². The van der Waals surface area contributed by atoms with Crippen LogP contribution in [0.4, 0.5) is 10.5 Å². The second-order valence-corrected chi connectivity index (χ2v) is 10.0. The van der Waals surface area contributed by atoms with Gasteiger partial charge in [-0.05, 0) is 40.9 Å². The van der Waals surface area contributed by atoms with Gasteiger partial charge in [-0.2, -0.15) is 4.31 Å². The Morgan fingerprint density at radius 3 is 2.66 bits per heavy atom. The summed E-state index contributed by atoms with van der Waals surface area (Å²) in [7, 11) is 2.13. The number of fused-ring (bicyclic) bond motifs is 1. The summed E-state index contributed by atoms with van der Waals surface area (Å²) < 4.78 is 33.0. The van der Waals surface area contributed by atoms with E-state index in [1.54, 1.807) is 17.0 Å². The standard InChI is InChI=1S/C18H16BBrClN3O4S/c19-12-1-2-16-11(7-12)10-28-18(25)24(16)13-3-5-23(6-4-13)29(26,27)14-8-15(20)17(21)22-9-14/h1-2,7-9,13H,3-6,10H2. The van der Waals surface area contributed by atoms with E-state index in [-0.39, 0.29) is 35.8 Å². The maximum absolute atomic E-state index is 12.9. The van der Waals surface area contributed by atoms with Gasteiger partial charge in [0.1, 0.15) is 24.5 Å². The zero-order valence-electron chi connectivity index (χ0n) is 15.2. The number of halogens is 2. The number of benzene rings is 1. The Hall–Kier alpha value is -1.62. The molecule has 29 heavy (non-hydrogen) atoms. The Balaban J connectivity index is 1.52. The number of amides is 1. The van der Waals surface area contributed by atoms with Crippen LogP contribution in [0.25, 0.3) is 0 Å². The van der Waals surface area contributed by atoms with E-state index in [4.69, 9.17) is 24.2 Å². The predicted octanol–water partition coefficient (Wildman–Crippen LogP) is 2.60. The van der Waals surface area contributed by atoms with Crippen molar-refractivity contribution >= 4 is 62.6 Å². The number of hydrogen-bond donors (Lipinski definition) is 0. The number of pyridine rings is 1. The number of anilines is 1. The molecule has 2 aliphatic rings. The number of nitrogens with zero attached hydrogens (tertiary/aromatic N) is 3. The zero-order valence-corrected chi connectivity index (χ0v) is 18.4. The molecule has 4 rings (SSSR count). The van der Waals surface area contributed by atoms with Gasteiger partial charge in [-0.3, -0.25) is 4.90 Å². The molecule has 1 aromatic carbocycles. The van der Waals surface area contributed by atoms with Gasteiger partial charge in [0.05, 0.1) is 10.2 Å². The summed E-state index contributed by atoms with van der Waals surface area (Å²) >= 11 is 9.07. The van der Waals surface area contributed by atoms with Crippen molar-refractivity contribution in [1.82, 2.24) is 9.29 Å². The molecule has 0 bridgehead atoms. The van der Waals surface area contributed by atoms with Crippen molar-refractivity contribution < 1.29 is 17.9 Å². The minimum Gasteiger partial charge on any atom is -0.444 e. The number of rotatable bonds is 3. The van der Waals surface area contributed by atoms with E-state index >= 15 is 0 Å². The second-order valence-electron chi connectivity index (χ2n) is 6.89. The quantitative estimate of drug-likeness (QED) is 0.482. The van der Waals surface area contributed by atoms with Gasteiger partial charge in [-0.25, -0.2) is 18.2 Å². The SMILES string of the molecule is [B]c1ccc2c(c1)COC(=O)N2C1CCN(S(=O)(=O)c2cnc(Cl)c(Br)c2)CC1. The minimum absolute atomic E-state index is 0.0745. The highest BCUT2D eigenvalue weighted by molar-refractivity contribution is 9.10. The van der Waals surface area contributed by atoms with Crippen molar-refractivity contribution in [3.05, 3.63) is 45.7 Å². The molecule has 2 radical (unpaired) electrons. The number of carbonyl (C=O) groups is 1. The van der Waals surface area contributed by atoms with E-state index in [0.29, 0.717) is 22.8 Å². The predicted molar refractivity (Wildman–Crippen MR) is 113 cm³/mol. The van der Waals surface area contributed by atoms with E-state index in [2.05, 4.69) is 20.9 Å². The first-order chi connectivity index (χ1) is 13.8. The van der Waals surface area contributed by atoms with E-state index in [0.717, 1.165) is 11.3 Å². The Morgan fingerprint density at radius 2 is 1.97 bits per heavy atom. The molecule has 1 fully saturated rings. The van der Waals surface area contributed by atoms with Gasteiger partial charge in [0.2, 0.25) is 10.0 Å². The molecule has 2 aliphatic heterocycles. The van der Waals surface area contributed by atoms with Crippen LogP contribution >= 0.6 is 27.5 Å². The summed E-state index contributed by atoms with van der Waals surface area (Å²) in [6, 6.07) is 6.63. The van der Waals surface area contributed by atoms with Crippen LogP contribution in [-0.4, -0.2) is 50.8 Å². The summed E-state index contributed by atoms with van der Waals surface area (Å²) in [5.74, 6) is 0. The van der Waals surface area contributed by atoms with Crippen LogP contribution in [0, 0.1) is 0 Å². The summed E-state index contributed by atoms with van der Waals surface area (Å²) in [4.78, 5) is 18.0. The molecule has 0 aliphatic carbocycles. The average molecular weight is 497 g/mol. The van der Waals surface area contributed by atoms with Crippen molar-refractivity contribution in [2.24, 2.45) is 0 Å². The third-order valence-corrected chi connectivity index (χ3v) is 8.11. The molecule has 0 N–H and O–H groups in total. The molecule has 0 unspecified atom stereocenters. The highest BCUT2D eigenvalue weighted by atomic mass is 79.9. The lowest BCUT2D eigenvalue weighted by Gasteiger charge is -2.39. The van der Waals surface area contributed by atoms with E-state index in [1.807, 2.05) is 6.07 Å². The normalized spacial score (nSPS) is 18.4. The van der Waals surface area contributed by atoms with Crippen molar-refractivity contribution in [1.29, 1.82) is 0 Å².